The van der Waals surface area contributed by atoms with Crippen molar-refractivity contribution in [1.29, 1.82) is 0 Å². The molecule has 2 rings (SSSR count). The standard InChI is InChI=1S/C12H18N3O2P/c16-15(17)12-6-2-1-5-11(12)13-10-4-3-8-14(18)9-7-10/h1-2,5-6,10,13H,3-4,7-9,18H2. The average Bonchev–Trinajstić information content (AvgIpc) is 2.55. The second kappa shape index (κ2) is 6.12. The fraction of sp³-hybridized carbons (Fsp3) is 0.500. The number of nitro groups is 1. The van der Waals surface area contributed by atoms with Gasteiger partial charge in [-0.3, -0.25) is 14.8 Å². The summed E-state index contributed by atoms with van der Waals surface area (Å²) < 4.78 is 2.22. The Morgan fingerprint density at radius 1 is 1.33 bits per heavy atom. The van der Waals surface area contributed by atoms with E-state index < -0.39 is 0 Å². The van der Waals surface area contributed by atoms with Crippen LogP contribution in [0.25, 0.3) is 0 Å². The molecule has 1 N–H and O–H groups in total. The Morgan fingerprint density at radius 3 is 2.89 bits per heavy atom. The fourth-order valence-electron chi connectivity index (χ4n) is 2.24. The van der Waals surface area contributed by atoms with Crippen molar-refractivity contribution in [3.05, 3.63) is 34.4 Å². The van der Waals surface area contributed by atoms with Crippen molar-refractivity contribution in [2.75, 3.05) is 18.4 Å². The largest absolute Gasteiger partial charge is 0.377 e. The lowest BCUT2D eigenvalue weighted by molar-refractivity contribution is -0.384. The molecule has 1 heterocycles. The Bertz CT molecular complexity index is 428. The van der Waals surface area contributed by atoms with Crippen LogP contribution in [0.5, 0.6) is 0 Å². The van der Waals surface area contributed by atoms with Gasteiger partial charge in [0.25, 0.3) is 5.69 Å². The van der Waals surface area contributed by atoms with Crippen LogP contribution < -0.4 is 5.32 Å². The summed E-state index contributed by atoms with van der Waals surface area (Å²) in [5, 5.41) is 14.3. The zero-order chi connectivity index (χ0) is 13.0. The Labute approximate surface area is 109 Å². The van der Waals surface area contributed by atoms with Gasteiger partial charge >= 0.3 is 0 Å². The van der Waals surface area contributed by atoms with Gasteiger partial charge in [0.15, 0.2) is 0 Å². The van der Waals surface area contributed by atoms with Gasteiger partial charge in [0.1, 0.15) is 5.69 Å². The molecule has 18 heavy (non-hydrogen) atoms. The van der Waals surface area contributed by atoms with Crippen molar-refractivity contribution in [2.45, 2.75) is 25.3 Å². The van der Waals surface area contributed by atoms with Crippen LogP contribution in [0.2, 0.25) is 0 Å². The van der Waals surface area contributed by atoms with Gasteiger partial charge < -0.3 is 5.32 Å². The molecular formula is C12H18N3O2P. The number of anilines is 1. The third-order valence-corrected chi connectivity index (χ3v) is 3.74. The molecule has 0 aliphatic carbocycles. The van der Waals surface area contributed by atoms with Crippen LogP contribution in [-0.4, -0.2) is 28.7 Å². The van der Waals surface area contributed by atoms with E-state index in [4.69, 9.17) is 0 Å². The van der Waals surface area contributed by atoms with Crippen LogP contribution in [0.4, 0.5) is 11.4 Å². The third kappa shape index (κ3) is 3.40. The summed E-state index contributed by atoms with van der Waals surface area (Å²) in [5.74, 6) is 0. The number of hydrogen-bond acceptors (Lipinski definition) is 4. The van der Waals surface area contributed by atoms with E-state index in [1.807, 2.05) is 6.07 Å². The molecule has 1 aromatic carbocycles. The number of rotatable bonds is 3. The summed E-state index contributed by atoms with van der Waals surface area (Å²) in [5.41, 5.74) is 0.786. The zero-order valence-electron chi connectivity index (χ0n) is 10.2. The fourth-order valence-corrected chi connectivity index (χ4v) is 2.57. The molecule has 1 saturated heterocycles. The monoisotopic (exact) mass is 267 g/mol. The number of benzene rings is 1. The van der Waals surface area contributed by atoms with E-state index in [0.29, 0.717) is 11.7 Å². The van der Waals surface area contributed by atoms with Gasteiger partial charge in [0.2, 0.25) is 0 Å². The SMILES string of the molecule is O=[N+]([O-])c1ccccc1NC1CCCN(P)CC1. The van der Waals surface area contributed by atoms with E-state index >= 15 is 0 Å². The Kier molecular flexibility index (Phi) is 4.50. The van der Waals surface area contributed by atoms with Gasteiger partial charge in [-0.25, -0.2) is 0 Å². The van der Waals surface area contributed by atoms with Crippen molar-refractivity contribution >= 4 is 20.8 Å². The Morgan fingerprint density at radius 2 is 2.11 bits per heavy atom. The lowest BCUT2D eigenvalue weighted by Gasteiger charge is -2.17. The highest BCUT2D eigenvalue weighted by atomic mass is 31.0. The molecule has 1 aromatic rings. The minimum Gasteiger partial charge on any atom is -0.377 e. The predicted molar refractivity (Wildman–Crippen MR) is 75.6 cm³/mol. The summed E-state index contributed by atoms with van der Waals surface area (Å²) in [6.07, 6.45) is 3.17. The van der Waals surface area contributed by atoms with E-state index in [1.54, 1.807) is 18.2 Å². The maximum absolute atomic E-state index is 10.9. The van der Waals surface area contributed by atoms with Crippen molar-refractivity contribution in [3.8, 4) is 0 Å². The van der Waals surface area contributed by atoms with E-state index in [-0.39, 0.29) is 10.6 Å². The first kappa shape index (κ1) is 13.2. The number of nitrogens with one attached hydrogen (secondary N) is 1. The number of para-hydroxylation sites is 2. The molecule has 6 heteroatoms. The lowest BCUT2D eigenvalue weighted by atomic mass is 10.1. The highest BCUT2D eigenvalue weighted by Gasteiger charge is 2.18. The van der Waals surface area contributed by atoms with Crippen LogP contribution in [0.1, 0.15) is 19.3 Å². The van der Waals surface area contributed by atoms with E-state index in [0.717, 1.165) is 32.4 Å². The molecule has 98 valence electrons. The van der Waals surface area contributed by atoms with Crippen molar-refractivity contribution in [3.63, 3.8) is 0 Å². The molecule has 1 aliphatic heterocycles. The number of hydrogen-bond donors (Lipinski definition) is 1. The topological polar surface area (TPSA) is 58.4 Å². The quantitative estimate of drug-likeness (QED) is 0.519. The first-order valence-corrected chi connectivity index (χ1v) is 6.68. The summed E-state index contributed by atoms with van der Waals surface area (Å²) >= 11 is 0. The highest BCUT2D eigenvalue weighted by Crippen LogP contribution is 2.26. The molecule has 0 saturated carbocycles. The van der Waals surface area contributed by atoms with Crippen LogP contribution in [0.3, 0.4) is 0 Å². The lowest BCUT2D eigenvalue weighted by Crippen LogP contribution is -2.21. The molecule has 2 unspecified atom stereocenters. The van der Waals surface area contributed by atoms with Crippen LogP contribution in [0.15, 0.2) is 24.3 Å². The predicted octanol–water partition coefficient (Wildman–Crippen LogP) is 2.65. The minimum atomic E-state index is -0.332. The van der Waals surface area contributed by atoms with Gasteiger partial charge in [-0.2, -0.15) is 0 Å². The van der Waals surface area contributed by atoms with E-state index in [9.17, 15) is 10.1 Å². The molecule has 1 fully saturated rings. The van der Waals surface area contributed by atoms with Crippen molar-refractivity contribution in [1.82, 2.24) is 4.67 Å². The Hall–Kier alpha value is -1.19. The van der Waals surface area contributed by atoms with E-state index in [1.165, 1.54) is 0 Å². The molecule has 0 radical (unpaired) electrons. The summed E-state index contributed by atoms with van der Waals surface area (Å²) in [4.78, 5) is 10.6. The Balaban J connectivity index is 2.06. The summed E-state index contributed by atoms with van der Waals surface area (Å²) in [6, 6.07) is 7.16. The molecule has 0 amide bonds. The first-order valence-electron chi connectivity index (χ1n) is 6.16. The highest BCUT2D eigenvalue weighted by molar-refractivity contribution is 7.13. The second-order valence-electron chi connectivity index (χ2n) is 4.58. The molecule has 1 aliphatic rings. The maximum atomic E-state index is 10.9. The average molecular weight is 267 g/mol. The van der Waals surface area contributed by atoms with Gasteiger partial charge in [0.05, 0.1) is 4.92 Å². The molecular weight excluding hydrogens is 249 g/mol. The van der Waals surface area contributed by atoms with Gasteiger partial charge in [-0.1, -0.05) is 21.5 Å². The van der Waals surface area contributed by atoms with Gasteiger partial charge in [-0.15, -0.1) is 0 Å². The van der Waals surface area contributed by atoms with Crippen molar-refractivity contribution in [2.24, 2.45) is 0 Å². The molecule has 5 nitrogen and oxygen atoms in total. The molecule has 0 aromatic heterocycles. The first-order chi connectivity index (χ1) is 8.66. The summed E-state index contributed by atoms with van der Waals surface area (Å²) in [7, 11) is 2.73. The minimum absolute atomic E-state index is 0.157. The van der Waals surface area contributed by atoms with Gasteiger partial charge in [-0.05, 0) is 25.3 Å². The number of nitro benzene ring substituents is 1. The molecule has 0 spiro atoms. The third-order valence-electron chi connectivity index (χ3n) is 3.22. The molecule has 0 bridgehead atoms. The number of nitrogens with zero attached hydrogens (tertiary/aromatic N) is 2. The molecule has 2 atom stereocenters. The summed E-state index contributed by atoms with van der Waals surface area (Å²) in [6.45, 7) is 2.07. The van der Waals surface area contributed by atoms with Crippen LogP contribution in [0, 0.1) is 10.1 Å². The van der Waals surface area contributed by atoms with Crippen LogP contribution in [-0.2, 0) is 0 Å². The van der Waals surface area contributed by atoms with Crippen molar-refractivity contribution < 1.29 is 4.92 Å². The maximum Gasteiger partial charge on any atom is 0.292 e. The van der Waals surface area contributed by atoms with E-state index in [2.05, 4.69) is 19.4 Å². The zero-order valence-corrected chi connectivity index (χ0v) is 11.4. The second-order valence-corrected chi connectivity index (χ2v) is 5.31. The van der Waals surface area contributed by atoms with Gasteiger partial charge in [0, 0.05) is 25.2 Å². The van der Waals surface area contributed by atoms with Crippen LogP contribution >= 0.6 is 9.39 Å². The smallest absolute Gasteiger partial charge is 0.292 e. The normalized spacial score (nSPS) is 21.3.